The van der Waals surface area contributed by atoms with Crippen LogP contribution in [0.5, 0.6) is 0 Å². The number of nitrogens with zero attached hydrogens (tertiary/aromatic N) is 1. The van der Waals surface area contributed by atoms with Crippen LogP contribution in [0.1, 0.15) is 47.9 Å². The lowest BCUT2D eigenvalue weighted by molar-refractivity contribution is 0.102. The maximum atomic E-state index is 12.5. The predicted octanol–water partition coefficient (Wildman–Crippen LogP) is 10.1. The van der Waals surface area contributed by atoms with E-state index in [1.54, 1.807) is 80.5 Å². The summed E-state index contributed by atoms with van der Waals surface area (Å²) in [5.74, 6) is 0.347. The fourth-order valence-electron chi connectivity index (χ4n) is 3.28. The molecular weight excluding hydrogens is 664 g/mol. The quantitative estimate of drug-likeness (QED) is 0.137. The third kappa shape index (κ3) is 16.0. The van der Waals surface area contributed by atoms with Crippen molar-refractivity contribution in [3.05, 3.63) is 98.5 Å². The van der Waals surface area contributed by atoms with Crippen molar-refractivity contribution in [1.82, 2.24) is 0 Å². The number of amides is 1. The van der Waals surface area contributed by atoms with Crippen LogP contribution in [-0.2, 0) is 9.47 Å². The first-order chi connectivity index (χ1) is 21.1. The molecule has 0 aromatic heterocycles. The molecule has 12 heteroatoms. The van der Waals surface area contributed by atoms with Crippen molar-refractivity contribution in [3.63, 3.8) is 0 Å². The van der Waals surface area contributed by atoms with Gasteiger partial charge in [0.25, 0.3) is 5.91 Å². The van der Waals surface area contributed by atoms with Crippen molar-refractivity contribution in [1.29, 1.82) is 0 Å². The molecule has 1 amide bonds. The van der Waals surface area contributed by atoms with Gasteiger partial charge in [0.05, 0.1) is 34.4 Å². The van der Waals surface area contributed by atoms with E-state index in [0.29, 0.717) is 49.5 Å². The fourth-order valence-corrected chi connectivity index (χ4v) is 4.74. The number of hydrogen-bond donors (Lipinski definition) is 2. The molecule has 2 N–H and O–H groups in total. The predicted molar refractivity (Wildman–Crippen MR) is 190 cm³/mol. The Hall–Kier alpha value is -2.43. The van der Waals surface area contributed by atoms with Gasteiger partial charge in [0.15, 0.2) is 0 Å². The van der Waals surface area contributed by atoms with Gasteiger partial charge in [-0.1, -0.05) is 72.0 Å². The Bertz CT molecular complexity index is 1320. The zero-order valence-corrected chi connectivity index (χ0v) is 29.1. The van der Waals surface area contributed by atoms with Crippen LogP contribution in [0, 0.1) is 0 Å². The summed E-state index contributed by atoms with van der Waals surface area (Å²) in [6.07, 6.45) is 1.90. The second kappa shape index (κ2) is 23.0. The highest BCUT2D eigenvalue weighted by atomic mass is 35.5. The average Bonchev–Trinajstić information content (AvgIpc) is 3.01. The molecule has 0 saturated carbocycles. The van der Waals surface area contributed by atoms with E-state index in [4.69, 9.17) is 55.9 Å². The van der Waals surface area contributed by atoms with E-state index in [0.717, 1.165) is 43.8 Å². The Kier molecular flexibility index (Phi) is 20.7. The highest BCUT2D eigenvalue weighted by molar-refractivity contribution is 8.00. The minimum absolute atomic E-state index is 0.268. The van der Waals surface area contributed by atoms with Gasteiger partial charge in [0, 0.05) is 47.3 Å². The van der Waals surface area contributed by atoms with Gasteiger partial charge in [-0.25, -0.2) is 0 Å². The lowest BCUT2D eigenvalue weighted by Gasteiger charge is -2.27. The first-order valence-corrected chi connectivity index (χ1v) is 16.2. The number of allylic oxidation sites excluding steroid dienone is 1. The number of carbonyl (C=O) groups excluding carboxylic acids is 2. The zero-order valence-electron chi connectivity index (χ0n) is 25.3. The summed E-state index contributed by atoms with van der Waals surface area (Å²) in [4.78, 5) is 22.6. The number of anilines is 3. The van der Waals surface area contributed by atoms with Crippen molar-refractivity contribution >= 4 is 87.6 Å². The van der Waals surface area contributed by atoms with E-state index in [2.05, 4.69) is 28.4 Å². The summed E-state index contributed by atoms with van der Waals surface area (Å²) in [5, 5.41) is 8.05. The number of halogens is 4. The maximum Gasteiger partial charge on any atom is 0.257 e. The number of nitrogens with one attached hydrogen (secondary N) is 2. The molecule has 1 heterocycles. The molecule has 1 aliphatic heterocycles. The van der Waals surface area contributed by atoms with Crippen LogP contribution in [-0.4, -0.2) is 51.5 Å². The second-order valence-electron chi connectivity index (χ2n) is 8.87. The fraction of sp³-hybridized carbons (Fsp3) is 0.312. The molecule has 1 aliphatic rings. The Morgan fingerprint density at radius 2 is 1.82 bits per heavy atom. The molecule has 0 spiro atoms. The van der Waals surface area contributed by atoms with Crippen molar-refractivity contribution in [2.24, 2.45) is 0 Å². The third-order valence-corrected chi connectivity index (χ3v) is 7.10. The molecule has 44 heavy (non-hydrogen) atoms. The van der Waals surface area contributed by atoms with Crippen LogP contribution in [0.3, 0.4) is 0 Å². The molecular formula is C32H39Cl4N3O4S. The Morgan fingerprint density at radius 3 is 2.32 bits per heavy atom. The van der Waals surface area contributed by atoms with Crippen LogP contribution in [0.25, 0.3) is 0 Å². The Morgan fingerprint density at radius 1 is 1.09 bits per heavy atom. The number of benzene rings is 3. The lowest BCUT2D eigenvalue weighted by Crippen LogP contribution is -2.26. The van der Waals surface area contributed by atoms with Crippen molar-refractivity contribution in [2.45, 2.75) is 27.2 Å². The van der Waals surface area contributed by atoms with Crippen LogP contribution >= 0.6 is 58.4 Å². The highest BCUT2D eigenvalue weighted by Gasteiger charge is 2.16. The SMILES string of the molecule is C=C(C)Cl.CCCOCC.CNc1cc(NC(=O)c2ccc(N3CCOCS3)cc2Cl)ccc1Cl.O=Cc1cccc(Cl)c1. The van der Waals surface area contributed by atoms with Gasteiger partial charge in [-0.15, -0.1) is 0 Å². The third-order valence-electron chi connectivity index (χ3n) is 5.25. The molecule has 1 fully saturated rings. The molecule has 0 aliphatic carbocycles. The summed E-state index contributed by atoms with van der Waals surface area (Å²) in [6, 6.07) is 17.5. The number of rotatable bonds is 8. The van der Waals surface area contributed by atoms with Crippen LogP contribution in [0.4, 0.5) is 17.1 Å². The van der Waals surface area contributed by atoms with E-state index in [9.17, 15) is 9.59 Å². The van der Waals surface area contributed by atoms with Gasteiger partial charge in [0.2, 0.25) is 0 Å². The normalized spacial score (nSPS) is 11.8. The van der Waals surface area contributed by atoms with Crippen LogP contribution < -0.4 is 14.9 Å². The monoisotopic (exact) mass is 701 g/mol. The van der Waals surface area contributed by atoms with Crippen molar-refractivity contribution in [3.8, 4) is 0 Å². The van der Waals surface area contributed by atoms with E-state index >= 15 is 0 Å². The van der Waals surface area contributed by atoms with E-state index in [-0.39, 0.29) is 5.91 Å². The zero-order chi connectivity index (χ0) is 32.9. The van der Waals surface area contributed by atoms with Gasteiger partial charge in [-0.3, -0.25) is 9.59 Å². The van der Waals surface area contributed by atoms with Crippen molar-refractivity contribution in [2.75, 3.05) is 54.3 Å². The van der Waals surface area contributed by atoms with E-state index in [1.807, 2.05) is 13.0 Å². The van der Waals surface area contributed by atoms with E-state index < -0.39 is 0 Å². The molecule has 3 aromatic rings. The Labute approximate surface area is 285 Å². The van der Waals surface area contributed by atoms with Crippen molar-refractivity contribution < 1.29 is 19.1 Å². The molecule has 0 bridgehead atoms. The standard InChI is InChI=1S/C17H17Cl2N3O2S.C7H5ClO.C5H12O.C3H5Cl/c1-20-16-8-11(2-5-14(16)18)21-17(23)13-4-3-12(9-15(13)19)22-6-7-24-10-25-22;8-7-3-1-2-6(4-7)5-9;1-3-5-6-4-2;1-3(2)4/h2-5,8-9,20H,6-7,10H2,1H3,(H,21,23);1-5H;3-5H2,1-2H3;1H2,2H3. The molecule has 0 unspecified atom stereocenters. The first-order valence-electron chi connectivity index (χ1n) is 13.7. The molecule has 3 aromatic carbocycles. The van der Waals surface area contributed by atoms with Gasteiger partial charge >= 0.3 is 0 Å². The van der Waals surface area contributed by atoms with Gasteiger partial charge < -0.3 is 24.4 Å². The summed E-state index contributed by atoms with van der Waals surface area (Å²) >= 11 is 24.6. The topological polar surface area (TPSA) is 79.9 Å². The minimum atomic E-state index is -0.268. The number of hydrogen-bond acceptors (Lipinski definition) is 7. The molecule has 4 rings (SSSR count). The molecule has 7 nitrogen and oxygen atoms in total. The largest absolute Gasteiger partial charge is 0.387 e. The molecule has 1 saturated heterocycles. The summed E-state index contributed by atoms with van der Waals surface area (Å²) < 4.78 is 12.4. The number of aldehydes is 1. The molecule has 240 valence electrons. The number of ether oxygens (including phenoxy) is 2. The molecule has 0 radical (unpaired) electrons. The minimum Gasteiger partial charge on any atom is -0.387 e. The van der Waals surface area contributed by atoms with Crippen LogP contribution in [0.2, 0.25) is 15.1 Å². The van der Waals surface area contributed by atoms with Gasteiger partial charge in [-0.05, 0) is 80.7 Å². The first kappa shape index (κ1) is 39.6. The van der Waals surface area contributed by atoms with Crippen LogP contribution in [0.15, 0.2) is 72.3 Å². The lowest BCUT2D eigenvalue weighted by atomic mass is 10.1. The second-order valence-corrected chi connectivity index (χ2v) is 11.7. The summed E-state index contributed by atoms with van der Waals surface area (Å²) in [7, 11) is 1.77. The van der Waals surface area contributed by atoms with E-state index in [1.165, 1.54) is 0 Å². The highest BCUT2D eigenvalue weighted by Crippen LogP contribution is 2.30. The molecule has 0 atom stereocenters. The Balaban J connectivity index is 0.000000415. The summed E-state index contributed by atoms with van der Waals surface area (Å²) in [6.45, 7) is 12.4. The van der Waals surface area contributed by atoms with Gasteiger partial charge in [-0.2, -0.15) is 0 Å². The van der Waals surface area contributed by atoms with Gasteiger partial charge in [0.1, 0.15) is 12.2 Å². The summed E-state index contributed by atoms with van der Waals surface area (Å²) in [5.41, 5.74) is 3.37. The number of carbonyl (C=O) groups is 2. The smallest absolute Gasteiger partial charge is 0.257 e. The average molecular weight is 704 g/mol. The maximum absolute atomic E-state index is 12.5.